The second kappa shape index (κ2) is 16.9. The van der Waals surface area contributed by atoms with Gasteiger partial charge in [0, 0.05) is 17.5 Å². The first-order valence-electron chi connectivity index (χ1n) is 13.2. The molecule has 4 nitrogen and oxygen atoms in total. The van der Waals surface area contributed by atoms with Gasteiger partial charge < -0.3 is 9.47 Å². The van der Waals surface area contributed by atoms with Gasteiger partial charge in [-0.05, 0) is 70.1 Å². The molecular formula is C30H43NO3. The summed E-state index contributed by atoms with van der Waals surface area (Å²) in [5.41, 5.74) is 1.92. The average molecular weight is 466 g/mol. The van der Waals surface area contributed by atoms with E-state index in [1.54, 1.807) is 6.08 Å². The van der Waals surface area contributed by atoms with E-state index in [0.29, 0.717) is 6.61 Å². The van der Waals surface area contributed by atoms with E-state index >= 15 is 0 Å². The van der Waals surface area contributed by atoms with Gasteiger partial charge in [0.1, 0.15) is 6.10 Å². The number of hydrogen-bond donors (Lipinski definition) is 0. The van der Waals surface area contributed by atoms with E-state index in [1.165, 1.54) is 44.9 Å². The molecule has 186 valence electrons. The molecule has 0 aliphatic heterocycles. The van der Waals surface area contributed by atoms with E-state index in [2.05, 4.69) is 25.1 Å². The van der Waals surface area contributed by atoms with Crippen molar-refractivity contribution in [1.29, 1.82) is 0 Å². The fraction of sp³-hybridized carbons (Fsp3) is 0.533. The van der Waals surface area contributed by atoms with Gasteiger partial charge in [0.05, 0.1) is 12.1 Å². The van der Waals surface area contributed by atoms with Crippen LogP contribution in [0, 0.1) is 0 Å². The Morgan fingerprint density at radius 2 is 1.68 bits per heavy atom. The lowest BCUT2D eigenvalue weighted by molar-refractivity contribution is -0.137. The van der Waals surface area contributed by atoms with Crippen molar-refractivity contribution < 1.29 is 14.3 Å². The maximum Gasteiger partial charge on any atom is 0.330 e. The molecule has 2 aromatic rings. The molecule has 2 rings (SSSR count). The van der Waals surface area contributed by atoms with E-state index in [1.807, 2.05) is 44.2 Å². The number of ether oxygens (including phenoxy) is 2. The standard InChI is InChI=1S/C30H43NO3/c1-4-6-7-13-19-27(34-29-23-22-26-18-15-16-21-28(26)31-29)20-14-11-9-8-10-12-17-25(3)24-30(32)33-5-2/h12,15-18,21-24,27H,4-11,13-14,19-20H2,1-3H3. The lowest BCUT2D eigenvalue weighted by Crippen LogP contribution is -2.17. The maximum absolute atomic E-state index is 11.4. The van der Waals surface area contributed by atoms with Crippen molar-refractivity contribution in [3.63, 3.8) is 0 Å². The van der Waals surface area contributed by atoms with Crippen molar-refractivity contribution in [2.24, 2.45) is 0 Å². The van der Waals surface area contributed by atoms with Gasteiger partial charge in [0.15, 0.2) is 0 Å². The summed E-state index contributed by atoms with van der Waals surface area (Å²) in [4.78, 5) is 16.2. The first kappa shape index (κ1) is 27.6. The third-order valence-electron chi connectivity index (χ3n) is 5.90. The molecule has 0 amide bonds. The van der Waals surface area contributed by atoms with Crippen molar-refractivity contribution in [3.8, 4) is 5.88 Å². The predicted molar refractivity (Wildman–Crippen MR) is 142 cm³/mol. The summed E-state index contributed by atoms with van der Waals surface area (Å²) in [6.45, 7) is 6.41. The van der Waals surface area contributed by atoms with Crippen LogP contribution in [-0.4, -0.2) is 23.7 Å². The Bertz CT molecular complexity index is 903. The summed E-state index contributed by atoms with van der Waals surface area (Å²) < 4.78 is 11.3. The Balaban J connectivity index is 1.73. The summed E-state index contributed by atoms with van der Waals surface area (Å²) in [6.07, 6.45) is 19.0. The molecule has 1 aromatic heterocycles. The van der Waals surface area contributed by atoms with Crippen molar-refractivity contribution in [2.75, 3.05) is 6.61 Å². The second-order valence-corrected chi connectivity index (χ2v) is 8.97. The zero-order valence-corrected chi connectivity index (χ0v) is 21.4. The number of carbonyl (C=O) groups is 1. The number of pyridine rings is 1. The van der Waals surface area contributed by atoms with Gasteiger partial charge in [-0.1, -0.05) is 69.4 Å². The summed E-state index contributed by atoms with van der Waals surface area (Å²) in [5, 5.41) is 1.15. The Morgan fingerprint density at radius 3 is 2.44 bits per heavy atom. The molecule has 0 spiro atoms. The number of esters is 1. The third-order valence-corrected chi connectivity index (χ3v) is 5.90. The molecule has 0 aliphatic carbocycles. The molecule has 1 atom stereocenters. The molecule has 34 heavy (non-hydrogen) atoms. The van der Waals surface area contributed by atoms with Gasteiger partial charge in [0.2, 0.25) is 5.88 Å². The van der Waals surface area contributed by atoms with Crippen LogP contribution in [0.4, 0.5) is 0 Å². The SMILES string of the molecule is CCCCCCC(CCCCCCC=CC(C)=CC(=O)OCC)Oc1ccc2ccccc2n1. The number of carbonyl (C=O) groups excluding carboxylic acids is 1. The van der Waals surface area contributed by atoms with E-state index in [9.17, 15) is 4.79 Å². The zero-order valence-electron chi connectivity index (χ0n) is 21.4. The number of para-hydroxylation sites is 1. The van der Waals surface area contributed by atoms with E-state index < -0.39 is 0 Å². The number of fused-ring (bicyclic) bond motifs is 1. The molecule has 0 saturated carbocycles. The molecule has 0 saturated heterocycles. The Kier molecular flexibility index (Phi) is 13.7. The maximum atomic E-state index is 11.4. The molecule has 0 N–H and O–H groups in total. The lowest BCUT2D eigenvalue weighted by atomic mass is 10.0. The predicted octanol–water partition coefficient (Wildman–Crippen LogP) is 8.36. The summed E-state index contributed by atoms with van der Waals surface area (Å²) >= 11 is 0. The smallest absolute Gasteiger partial charge is 0.330 e. The van der Waals surface area contributed by atoms with E-state index in [-0.39, 0.29) is 12.1 Å². The molecule has 0 bridgehead atoms. The zero-order chi connectivity index (χ0) is 24.4. The molecule has 0 aliphatic rings. The average Bonchev–Trinajstić information content (AvgIpc) is 2.83. The minimum atomic E-state index is -0.269. The highest BCUT2D eigenvalue weighted by molar-refractivity contribution is 5.83. The monoisotopic (exact) mass is 465 g/mol. The molecule has 0 fully saturated rings. The van der Waals surface area contributed by atoms with Gasteiger partial charge >= 0.3 is 5.97 Å². The largest absolute Gasteiger partial charge is 0.474 e. The minimum absolute atomic E-state index is 0.237. The van der Waals surface area contributed by atoms with Crippen LogP contribution in [0.5, 0.6) is 5.88 Å². The van der Waals surface area contributed by atoms with Crippen LogP contribution in [-0.2, 0) is 9.53 Å². The number of unbranched alkanes of at least 4 members (excludes halogenated alkanes) is 7. The van der Waals surface area contributed by atoms with Gasteiger partial charge in [-0.2, -0.15) is 0 Å². The second-order valence-electron chi connectivity index (χ2n) is 8.97. The summed E-state index contributed by atoms with van der Waals surface area (Å²) in [7, 11) is 0. The van der Waals surface area contributed by atoms with Gasteiger partial charge in [0.25, 0.3) is 0 Å². The van der Waals surface area contributed by atoms with Crippen molar-refractivity contribution >= 4 is 16.9 Å². The number of allylic oxidation sites excluding steroid dienone is 3. The van der Waals surface area contributed by atoms with Gasteiger partial charge in [-0.15, -0.1) is 0 Å². The van der Waals surface area contributed by atoms with Gasteiger partial charge in [-0.3, -0.25) is 0 Å². The molecule has 1 heterocycles. The van der Waals surface area contributed by atoms with Crippen LogP contribution in [0.15, 0.2) is 60.2 Å². The number of hydrogen-bond acceptors (Lipinski definition) is 4. The van der Waals surface area contributed by atoms with Gasteiger partial charge in [-0.25, -0.2) is 9.78 Å². The fourth-order valence-corrected chi connectivity index (χ4v) is 4.02. The quantitative estimate of drug-likeness (QED) is 0.102. The molecule has 0 radical (unpaired) electrons. The third kappa shape index (κ3) is 11.5. The first-order chi connectivity index (χ1) is 16.6. The first-order valence-corrected chi connectivity index (χ1v) is 13.2. The van der Waals surface area contributed by atoms with E-state index in [4.69, 9.17) is 14.5 Å². The highest BCUT2D eigenvalue weighted by atomic mass is 16.5. The molecule has 1 aromatic carbocycles. The highest BCUT2D eigenvalue weighted by Gasteiger charge is 2.12. The summed E-state index contributed by atoms with van der Waals surface area (Å²) in [6, 6.07) is 12.3. The number of nitrogens with zero attached hydrogens (tertiary/aromatic N) is 1. The van der Waals surface area contributed by atoms with Crippen LogP contribution in [0.2, 0.25) is 0 Å². The highest BCUT2D eigenvalue weighted by Crippen LogP contribution is 2.21. The Labute approximate surface area is 206 Å². The lowest BCUT2D eigenvalue weighted by Gasteiger charge is -2.19. The van der Waals surface area contributed by atoms with Crippen molar-refractivity contribution in [1.82, 2.24) is 4.98 Å². The molecule has 4 heteroatoms. The van der Waals surface area contributed by atoms with Crippen molar-refractivity contribution in [2.45, 2.75) is 97.5 Å². The summed E-state index contributed by atoms with van der Waals surface area (Å²) in [5.74, 6) is 0.477. The Morgan fingerprint density at radius 1 is 0.941 bits per heavy atom. The fourth-order valence-electron chi connectivity index (χ4n) is 4.02. The van der Waals surface area contributed by atoms with Crippen LogP contribution in [0.3, 0.4) is 0 Å². The van der Waals surface area contributed by atoms with E-state index in [0.717, 1.165) is 48.0 Å². The normalized spacial score (nSPS) is 12.9. The van der Waals surface area contributed by atoms with Crippen molar-refractivity contribution in [3.05, 3.63) is 60.2 Å². The minimum Gasteiger partial charge on any atom is -0.474 e. The molecule has 1 unspecified atom stereocenters. The molecular weight excluding hydrogens is 422 g/mol. The van der Waals surface area contributed by atoms with Crippen LogP contribution in [0.25, 0.3) is 10.9 Å². The van der Waals surface area contributed by atoms with Crippen LogP contribution >= 0.6 is 0 Å². The topological polar surface area (TPSA) is 48.4 Å². The Hall–Kier alpha value is -2.62. The number of benzene rings is 1. The number of rotatable bonds is 17. The number of aromatic nitrogens is 1. The van der Waals surface area contributed by atoms with Crippen LogP contribution < -0.4 is 4.74 Å². The van der Waals surface area contributed by atoms with Crippen LogP contribution in [0.1, 0.15) is 91.4 Å².